The molecule has 0 spiro atoms. The van der Waals surface area contributed by atoms with Gasteiger partial charge in [-0.15, -0.1) is 0 Å². The Morgan fingerprint density at radius 3 is 2.85 bits per heavy atom. The molecule has 4 aromatic rings. The number of nitrogens with two attached hydrogens (primary N) is 1. The highest BCUT2D eigenvalue weighted by Crippen LogP contribution is 2.30. The summed E-state index contributed by atoms with van der Waals surface area (Å²) in [5.74, 6) is 0.154. The van der Waals surface area contributed by atoms with E-state index in [4.69, 9.17) is 5.73 Å². The van der Waals surface area contributed by atoms with Crippen molar-refractivity contribution in [3.63, 3.8) is 0 Å². The summed E-state index contributed by atoms with van der Waals surface area (Å²) in [5, 5.41) is 0.984. The molecule has 0 bridgehead atoms. The van der Waals surface area contributed by atoms with Crippen LogP contribution in [0.25, 0.3) is 33.1 Å². The zero-order valence-corrected chi connectivity index (χ0v) is 10.4. The number of hydrogen-bond donors (Lipinski definition) is 3. The lowest BCUT2D eigenvalue weighted by atomic mass is 10.0. The third-order valence-corrected chi connectivity index (χ3v) is 3.45. The van der Waals surface area contributed by atoms with E-state index in [0.29, 0.717) is 5.95 Å². The van der Waals surface area contributed by atoms with E-state index in [2.05, 4.69) is 15.0 Å². The molecule has 0 amide bonds. The molecule has 0 atom stereocenters. The number of hydrogen-bond acceptors (Lipinski definition) is 2. The second-order valence-electron chi connectivity index (χ2n) is 4.75. The molecule has 0 unspecified atom stereocenters. The van der Waals surface area contributed by atoms with Crippen molar-refractivity contribution in [2.24, 2.45) is 0 Å². The third-order valence-electron chi connectivity index (χ3n) is 3.45. The fourth-order valence-electron chi connectivity index (χ4n) is 2.53. The van der Waals surface area contributed by atoms with Gasteiger partial charge in [0.2, 0.25) is 0 Å². The highest BCUT2D eigenvalue weighted by molar-refractivity contribution is 5.97. The van der Waals surface area contributed by atoms with E-state index in [1.807, 2.05) is 24.4 Å². The topological polar surface area (TPSA) is 70.5 Å². The lowest BCUT2D eigenvalue weighted by Gasteiger charge is -2.00. The van der Waals surface area contributed by atoms with Gasteiger partial charge in [-0.3, -0.25) is 0 Å². The van der Waals surface area contributed by atoms with Crippen molar-refractivity contribution in [2.45, 2.75) is 0 Å². The Balaban J connectivity index is 1.95. The first-order chi connectivity index (χ1) is 9.70. The normalized spacial score (nSPS) is 11.4. The molecule has 2 aromatic heterocycles. The molecular weight excluding hydrogens is 255 g/mol. The van der Waals surface area contributed by atoms with E-state index < -0.39 is 0 Å². The Labute approximate surface area is 113 Å². The van der Waals surface area contributed by atoms with Gasteiger partial charge in [0.25, 0.3) is 0 Å². The second-order valence-corrected chi connectivity index (χ2v) is 4.75. The minimum absolute atomic E-state index is 0.248. The lowest BCUT2D eigenvalue weighted by Crippen LogP contribution is -1.84. The average molecular weight is 266 g/mol. The number of fused-ring (bicyclic) bond motifs is 2. The Bertz CT molecular complexity index is 936. The number of imidazole rings is 1. The fraction of sp³-hybridized carbons (Fsp3) is 0. The van der Waals surface area contributed by atoms with E-state index in [1.165, 1.54) is 12.1 Å². The van der Waals surface area contributed by atoms with Crippen LogP contribution in [-0.2, 0) is 0 Å². The van der Waals surface area contributed by atoms with Crippen LogP contribution in [0.4, 0.5) is 10.3 Å². The van der Waals surface area contributed by atoms with Gasteiger partial charge in [-0.05, 0) is 35.9 Å². The van der Waals surface area contributed by atoms with Crippen molar-refractivity contribution >= 4 is 27.9 Å². The molecule has 4 N–H and O–H groups in total. The number of nitrogens with zero attached hydrogens (tertiary/aromatic N) is 1. The summed E-state index contributed by atoms with van der Waals surface area (Å²) < 4.78 is 13.2. The van der Waals surface area contributed by atoms with Crippen LogP contribution in [0.5, 0.6) is 0 Å². The van der Waals surface area contributed by atoms with Crippen molar-refractivity contribution in [1.82, 2.24) is 15.0 Å². The summed E-state index contributed by atoms with van der Waals surface area (Å²) >= 11 is 0. The van der Waals surface area contributed by atoms with Gasteiger partial charge >= 0.3 is 0 Å². The summed E-state index contributed by atoms with van der Waals surface area (Å²) in [6.07, 6.45) is 1.88. The Morgan fingerprint density at radius 2 is 1.95 bits per heavy atom. The molecule has 4 nitrogen and oxygen atoms in total. The van der Waals surface area contributed by atoms with Gasteiger partial charge in [0.05, 0.1) is 11.0 Å². The van der Waals surface area contributed by atoms with E-state index >= 15 is 0 Å². The molecule has 2 aromatic carbocycles. The molecule has 0 fully saturated rings. The average Bonchev–Trinajstić information content (AvgIpc) is 2.99. The molecule has 2 heterocycles. The zero-order chi connectivity index (χ0) is 13.7. The number of H-pyrrole nitrogens is 2. The summed E-state index contributed by atoms with van der Waals surface area (Å²) in [6.45, 7) is 0. The van der Waals surface area contributed by atoms with Crippen molar-refractivity contribution in [3.05, 3.63) is 48.4 Å². The van der Waals surface area contributed by atoms with Gasteiger partial charge in [-0.1, -0.05) is 6.07 Å². The molecule has 98 valence electrons. The fourth-order valence-corrected chi connectivity index (χ4v) is 2.53. The van der Waals surface area contributed by atoms with Gasteiger partial charge in [-0.25, -0.2) is 9.37 Å². The number of aromatic nitrogens is 3. The third kappa shape index (κ3) is 1.56. The van der Waals surface area contributed by atoms with Crippen LogP contribution in [0, 0.1) is 5.82 Å². The first-order valence-electron chi connectivity index (χ1n) is 6.23. The number of halogens is 1. The number of nitrogen functional groups attached to an aromatic ring is 1. The SMILES string of the molecule is Nc1nc2ccc(-c3c[nH]c4cc(F)ccc34)cc2[nH]1. The first kappa shape index (κ1) is 11.0. The van der Waals surface area contributed by atoms with E-state index in [1.54, 1.807) is 6.07 Å². The number of benzene rings is 2. The Morgan fingerprint density at radius 1 is 1.05 bits per heavy atom. The molecule has 4 rings (SSSR count). The number of rotatable bonds is 1. The lowest BCUT2D eigenvalue weighted by molar-refractivity contribution is 0.629. The van der Waals surface area contributed by atoms with Gasteiger partial charge in [0.15, 0.2) is 5.95 Å². The molecule has 5 heteroatoms. The maximum Gasteiger partial charge on any atom is 0.198 e. The monoisotopic (exact) mass is 266 g/mol. The standard InChI is InChI=1S/C15H11FN4/c16-9-2-3-10-11(7-18-13(10)6-9)8-1-4-12-14(5-8)20-15(17)19-12/h1-7,18H,(H3,17,19,20). The van der Waals surface area contributed by atoms with E-state index in [-0.39, 0.29) is 5.82 Å². The van der Waals surface area contributed by atoms with Crippen LogP contribution >= 0.6 is 0 Å². The predicted molar refractivity (Wildman–Crippen MR) is 77.8 cm³/mol. The highest BCUT2D eigenvalue weighted by Gasteiger charge is 2.08. The van der Waals surface area contributed by atoms with E-state index in [9.17, 15) is 4.39 Å². The largest absolute Gasteiger partial charge is 0.369 e. The molecule has 0 saturated carbocycles. The molecule has 20 heavy (non-hydrogen) atoms. The van der Waals surface area contributed by atoms with Crippen molar-refractivity contribution in [1.29, 1.82) is 0 Å². The minimum Gasteiger partial charge on any atom is -0.369 e. The van der Waals surface area contributed by atoms with Crippen LogP contribution in [-0.4, -0.2) is 15.0 Å². The number of anilines is 1. The summed E-state index contributed by atoms with van der Waals surface area (Å²) in [4.78, 5) is 10.3. The van der Waals surface area contributed by atoms with Gasteiger partial charge < -0.3 is 15.7 Å². The van der Waals surface area contributed by atoms with E-state index in [0.717, 1.165) is 33.1 Å². The minimum atomic E-state index is -0.248. The molecule has 0 aliphatic carbocycles. The molecular formula is C15H11FN4. The number of aromatic amines is 2. The molecule has 0 aliphatic heterocycles. The molecule has 0 saturated heterocycles. The summed E-state index contributed by atoms with van der Waals surface area (Å²) in [7, 11) is 0. The van der Waals surface area contributed by atoms with Crippen molar-refractivity contribution in [2.75, 3.05) is 5.73 Å². The smallest absolute Gasteiger partial charge is 0.198 e. The van der Waals surface area contributed by atoms with Crippen molar-refractivity contribution in [3.8, 4) is 11.1 Å². The zero-order valence-electron chi connectivity index (χ0n) is 10.4. The highest BCUT2D eigenvalue weighted by atomic mass is 19.1. The molecule has 0 radical (unpaired) electrons. The maximum absolute atomic E-state index is 13.2. The van der Waals surface area contributed by atoms with Gasteiger partial charge in [0, 0.05) is 22.7 Å². The Kier molecular flexibility index (Phi) is 2.12. The van der Waals surface area contributed by atoms with Crippen molar-refractivity contribution < 1.29 is 4.39 Å². The summed E-state index contributed by atoms with van der Waals surface area (Å²) in [5.41, 5.74) is 10.2. The quantitative estimate of drug-likeness (QED) is 0.494. The summed E-state index contributed by atoms with van der Waals surface area (Å²) in [6, 6.07) is 10.6. The van der Waals surface area contributed by atoms with Gasteiger partial charge in [0.1, 0.15) is 5.82 Å². The van der Waals surface area contributed by atoms with Crippen LogP contribution in [0.2, 0.25) is 0 Å². The Hall–Kier alpha value is -2.82. The van der Waals surface area contributed by atoms with Crippen LogP contribution in [0.1, 0.15) is 0 Å². The van der Waals surface area contributed by atoms with Crippen LogP contribution in [0.3, 0.4) is 0 Å². The first-order valence-corrected chi connectivity index (χ1v) is 6.23. The van der Waals surface area contributed by atoms with Crippen LogP contribution in [0.15, 0.2) is 42.6 Å². The predicted octanol–water partition coefficient (Wildman–Crippen LogP) is 3.43. The molecule has 0 aliphatic rings. The van der Waals surface area contributed by atoms with Crippen LogP contribution < -0.4 is 5.73 Å². The maximum atomic E-state index is 13.2. The number of nitrogens with one attached hydrogen (secondary N) is 2. The second kappa shape index (κ2) is 3.84. The van der Waals surface area contributed by atoms with Gasteiger partial charge in [-0.2, -0.15) is 0 Å².